The number of hydrogen-bond donors (Lipinski definition) is 1. The normalized spacial score (nSPS) is 26.8. The highest BCUT2D eigenvalue weighted by Gasteiger charge is 2.38. The zero-order valence-electron chi connectivity index (χ0n) is 11.8. The van der Waals surface area contributed by atoms with Gasteiger partial charge in [0, 0.05) is 11.1 Å². The van der Waals surface area contributed by atoms with Gasteiger partial charge in [0.05, 0.1) is 0 Å². The van der Waals surface area contributed by atoms with Crippen LogP contribution in [0.1, 0.15) is 38.2 Å². The molecule has 0 aliphatic heterocycles. The van der Waals surface area contributed by atoms with Gasteiger partial charge in [-0.15, -0.1) is 11.3 Å². The molecule has 0 spiro atoms. The smallest absolute Gasteiger partial charge is 0.168 e. The van der Waals surface area contributed by atoms with Crippen molar-refractivity contribution in [3.05, 3.63) is 35.2 Å². The first kappa shape index (κ1) is 13.8. The molecule has 20 heavy (non-hydrogen) atoms. The predicted octanol–water partition coefficient (Wildman–Crippen LogP) is 3.95. The molecular weight excluding hydrogens is 268 g/mol. The lowest BCUT2D eigenvalue weighted by Crippen LogP contribution is -2.42. The summed E-state index contributed by atoms with van der Waals surface area (Å²) in [5.41, 5.74) is -0.0297. The highest BCUT2D eigenvalue weighted by atomic mass is 32.1. The van der Waals surface area contributed by atoms with Crippen molar-refractivity contribution < 1.29 is 9.90 Å². The maximum absolute atomic E-state index is 12.5. The van der Waals surface area contributed by atoms with Gasteiger partial charge in [-0.1, -0.05) is 25.1 Å². The molecular formula is C17H20O2S. The van der Waals surface area contributed by atoms with Crippen molar-refractivity contribution in [1.82, 2.24) is 0 Å². The molecule has 0 bridgehead atoms. The Bertz CT molecular complexity index is 621. The summed E-state index contributed by atoms with van der Waals surface area (Å²) in [5.74, 6) is 0.623. The van der Waals surface area contributed by atoms with Crippen LogP contribution in [-0.2, 0) is 11.2 Å². The molecule has 0 unspecified atom stereocenters. The number of ketones is 1. The quantitative estimate of drug-likeness (QED) is 0.928. The van der Waals surface area contributed by atoms with Crippen LogP contribution in [0.4, 0.5) is 0 Å². The summed E-state index contributed by atoms with van der Waals surface area (Å²) in [7, 11) is 0. The van der Waals surface area contributed by atoms with E-state index in [4.69, 9.17) is 0 Å². The Kier molecular flexibility index (Phi) is 3.65. The molecule has 0 amide bonds. The maximum atomic E-state index is 12.5. The number of aliphatic hydroxyl groups is 1. The monoisotopic (exact) mass is 288 g/mol. The Morgan fingerprint density at radius 3 is 2.80 bits per heavy atom. The fourth-order valence-electron chi connectivity index (χ4n) is 3.03. The number of hydrogen-bond acceptors (Lipinski definition) is 3. The third-order valence-corrected chi connectivity index (χ3v) is 5.54. The van der Waals surface area contributed by atoms with Gasteiger partial charge in [0.2, 0.25) is 0 Å². The van der Waals surface area contributed by atoms with Crippen LogP contribution in [0.5, 0.6) is 0 Å². The Labute approximate surface area is 123 Å². The number of rotatable bonds is 3. The second-order valence-electron chi connectivity index (χ2n) is 6.07. The van der Waals surface area contributed by atoms with Crippen LogP contribution in [0.25, 0.3) is 10.1 Å². The second kappa shape index (κ2) is 5.30. The highest BCUT2D eigenvalue weighted by molar-refractivity contribution is 7.17. The van der Waals surface area contributed by atoms with Crippen molar-refractivity contribution in [3.63, 3.8) is 0 Å². The van der Waals surface area contributed by atoms with Crippen molar-refractivity contribution in [2.75, 3.05) is 0 Å². The lowest BCUT2D eigenvalue weighted by Gasteiger charge is -2.33. The average molecular weight is 288 g/mol. The summed E-state index contributed by atoms with van der Waals surface area (Å²) < 4.78 is 1.21. The number of carbonyl (C=O) groups excluding carboxylic acids is 1. The van der Waals surface area contributed by atoms with E-state index in [1.807, 2.05) is 12.1 Å². The first-order chi connectivity index (χ1) is 9.58. The van der Waals surface area contributed by atoms with E-state index < -0.39 is 5.60 Å². The molecule has 1 aliphatic carbocycles. The minimum absolute atomic E-state index is 0.00652. The first-order valence-corrected chi connectivity index (χ1v) is 8.17. The molecule has 1 aliphatic rings. The Balaban J connectivity index is 1.79. The molecule has 0 atom stereocenters. The van der Waals surface area contributed by atoms with Crippen molar-refractivity contribution in [2.45, 2.75) is 44.6 Å². The molecule has 2 nitrogen and oxygen atoms in total. The first-order valence-electron chi connectivity index (χ1n) is 7.29. The predicted molar refractivity (Wildman–Crippen MR) is 83.1 cm³/mol. The van der Waals surface area contributed by atoms with Crippen LogP contribution in [0.15, 0.2) is 29.6 Å². The standard InChI is InChI=1S/C17H20O2S/c1-12-6-8-17(19,9-7-12)16(18)10-13-11-20-15-5-3-2-4-14(13)15/h2-5,11-12,19H,6-10H2,1H3. The third kappa shape index (κ3) is 2.52. The van der Waals surface area contributed by atoms with Crippen molar-refractivity contribution in [1.29, 1.82) is 0 Å². The number of benzene rings is 1. The van der Waals surface area contributed by atoms with E-state index in [0.717, 1.165) is 23.8 Å². The summed E-state index contributed by atoms with van der Waals surface area (Å²) in [6.45, 7) is 2.19. The van der Waals surface area contributed by atoms with Gasteiger partial charge in [0.15, 0.2) is 5.78 Å². The third-order valence-electron chi connectivity index (χ3n) is 4.53. The summed E-state index contributed by atoms with van der Waals surface area (Å²) >= 11 is 1.67. The van der Waals surface area contributed by atoms with Gasteiger partial charge in [0.25, 0.3) is 0 Å². The van der Waals surface area contributed by atoms with E-state index in [0.29, 0.717) is 25.2 Å². The minimum Gasteiger partial charge on any atom is -0.382 e. The zero-order chi connectivity index (χ0) is 14.2. The van der Waals surface area contributed by atoms with Crippen LogP contribution in [0, 0.1) is 5.92 Å². The van der Waals surface area contributed by atoms with Crippen LogP contribution in [0.2, 0.25) is 0 Å². The van der Waals surface area contributed by atoms with Crippen LogP contribution >= 0.6 is 11.3 Å². The molecule has 1 N–H and O–H groups in total. The molecule has 1 fully saturated rings. The fourth-order valence-corrected chi connectivity index (χ4v) is 3.99. The Morgan fingerprint density at radius 2 is 2.05 bits per heavy atom. The van der Waals surface area contributed by atoms with Crippen LogP contribution < -0.4 is 0 Å². The summed E-state index contributed by atoms with van der Waals surface area (Å²) in [6.07, 6.45) is 3.50. The molecule has 1 aromatic heterocycles. The summed E-state index contributed by atoms with van der Waals surface area (Å²) in [6, 6.07) is 8.15. The topological polar surface area (TPSA) is 37.3 Å². The summed E-state index contributed by atoms with van der Waals surface area (Å²) in [4.78, 5) is 12.5. The van der Waals surface area contributed by atoms with E-state index in [-0.39, 0.29) is 5.78 Å². The lowest BCUT2D eigenvalue weighted by atomic mass is 9.76. The highest BCUT2D eigenvalue weighted by Crippen LogP contribution is 2.34. The number of thiophene rings is 1. The molecule has 0 saturated heterocycles. The molecule has 1 saturated carbocycles. The van der Waals surface area contributed by atoms with Crippen molar-refractivity contribution in [3.8, 4) is 0 Å². The van der Waals surface area contributed by atoms with Gasteiger partial charge >= 0.3 is 0 Å². The Hall–Kier alpha value is -1.19. The SMILES string of the molecule is CC1CCC(O)(C(=O)Cc2csc3ccccc23)CC1. The number of carbonyl (C=O) groups is 1. The molecule has 0 radical (unpaired) electrons. The fraction of sp³-hybridized carbons (Fsp3) is 0.471. The lowest BCUT2D eigenvalue weighted by molar-refractivity contribution is -0.140. The van der Waals surface area contributed by atoms with Gasteiger partial charge in [0.1, 0.15) is 5.60 Å². The second-order valence-corrected chi connectivity index (χ2v) is 6.98. The van der Waals surface area contributed by atoms with Crippen molar-refractivity contribution in [2.24, 2.45) is 5.92 Å². The van der Waals surface area contributed by atoms with Crippen LogP contribution in [0.3, 0.4) is 0 Å². The minimum atomic E-state index is -1.09. The maximum Gasteiger partial charge on any atom is 0.168 e. The largest absolute Gasteiger partial charge is 0.382 e. The van der Waals surface area contributed by atoms with E-state index in [9.17, 15) is 9.90 Å². The molecule has 106 valence electrons. The van der Waals surface area contributed by atoms with E-state index in [1.54, 1.807) is 11.3 Å². The van der Waals surface area contributed by atoms with Gasteiger partial charge in [-0.3, -0.25) is 4.79 Å². The molecule has 1 aromatic carbocycles. The van der Waals surface area contributed by atoms with Gasteiger partial charge < -0.3 is 5.11 Å². The molecule has 3 heteroatoms. The van der Waals surface area contributed by atoms with Crippen molar-refractivity contribution >= 4 is 27.2 Å². The molecule has 1 heterocycles. The Morgan fingerprint density at radius 1 is 1.35 bits per heavy atom. The zero-order valence-corrected chi connectivity index (χ0v) is 12.6. The molecule has 3 rings (SSSR count). The number of Topliss-reactive ketones (excluding diaryl/α,β-unsaturated/α-hetero) is 1. The number of fused-ring (bicyclic) bond motifs is 1. The molecule has 2 aromatic rings. The summed E-state index contributed by atoms with van der Waals surface area (Å²) in [5, 5.41) is 13.8. The van der Waals surface area contributed by atoms with E-state index >= 15 is 0 Å². The van der Waals surface area contributed by atoms with Gasteiger partial charge in [-0.25, -0.2) is 0 Å². The van der Waals surface area contributed by atoms with Gasteiger partial charge in [-0.05, 0) is 54.0 Å². The van der Waals surface area contributed by atoms with Gasteiger partial charge in [-0.2, -0.15) is 0 Å². The average Bonchev–Trinajstić information content (AvgIpc) is 2.86. The van der Waals surface area contributed by atoms with Crippen LogP contribution in [-0.4, -0.2) is 16.5 Å². The van der Waals surface area contributed by atoms with E-state index in [2.05, 4.69) is 24.4 Å². The van der Waals surface area contributed by atoms with E-state index in [1.165, 1.54) is 4.70 Å².